The minimum absolute atomic E-state index is 0.0478. The summed E-state index contributed by atoms with van der Waals surface area (Å²) in [4.78, 5) is 14.3. The van der Waals surface area contributed by atoms with Crippen LogP contribution in [0.4, 0.5) is 0 Å². The first-order chi connectivity index (χ1) is 10.5. The number of likely N-dealkylation sites (tertiary alicyclic amines) is 1. The molecule has 5 nitrogen and oxygen atoms in total. The quantitative estimate of drug-likeness (QED) is 0.835. The highest BCUT2D eigenvalue weighted by molar-refractivity contribution is 7.91. The van der Waals surface area contributed by atoms with Gasteiger partial charge in [0.25, 0.3) is 0 Å². The van der Waals surface area contributed by atoms with E-state index in [9.17, 15) is 13.2 Å². The number of carbonyl (C=O) groups excluding carboxylic acids is 1. The van der Waals surface area contributed by atoms with Gasteiger partial charge in [0, 0.05) is 12.1 Å². The minimum atomic E-state index is -3.06. The van der Waals surface area contributed by atoms with Gasteiger partial charge < -0.3 is 5.32 Å². The number of nitrogens with one attached hydrogen (secondary N) is 1. The summed E-state index contributed by atoms with van der Waals surface area (Å²) in [5, 5.41) is 6.78. The van der Waals surface area contributed by atoms with Crippen LogP contribution in [0.15, 0.2) is 22.9 Å². The van der Waals surface area contributed by atoms with Crippen molar-refractivity contribution >= 4 is 33.2 Å². The average molecular weight is 340 g/mol. The molecule has 3 heterocycles. The molecule has 2 aliphatic rings. The van der Waals surface area contributed by atoms with Gasteiger partial charge in [-0.15, -0.1) is 0 Å². The zero-order valence-corrected chi connectivity index (χ0v) is 13.9. The van der Waals surface area contributed by atoms with Crippen molar-refractivity contribution in [1.82, 2.24) is 10.2 Å². The molecule has 0 saturated carbocycles. The van der Waals surface area contributed by atoms with Crippen molar-refractivity contribution in [2.75, 3.05) is 24.6 Å². The third kappa shape index (κ3) is 3.77. The minimum Gasteiger partial charge on any atom is -0.347 e. The van der Waals surface area contributed by atoms with Crippen molar-refractivity contribution in [2.24, 2.45) is 0 Å². The highest BCUT2D eigenvalue weighted by atomic mass is 32.2. The second-order valence-corrected chi connectivity index (χ2v) is 8.83. The maximum absolute atomic E-state index is 12.1. The van der Waals surface area contributed by atoms with Crippen LogP contribution in [0.2, 0.25) is 0 Å². The molecular formula is C15H20N2O3S2. The molecule has 0 bridgehead atoms. The van der Waals surface area contributed by atoms with Gasteiger partial charge in [-0.2, -0.15) is 11.3 Å². The summed E-state index contributed by atoms with van der Waals surface area (Å²) in [5.74, 6) is -0.0178. The number of hydrogen-bond donors (Lipinski definition) is 1. The molecular weight excluding hydrogens is 320 g/mol. The van der Waals surface area contributed by atoms with Gasteiger partial charge in [0.2, 0.25) is 5.91 Å². The van der Waals surface area contributed by atoms with E-state index in [1.165, 1.54) is 6.08 Å². The molecule has 1 amide bonds. The lowest BCUT2D eigenvalue weighted by molar-refractivity contribution is -0.117. The molecule has 2 fully saturated rings. The lowest BCUT2D eigenvalue weighted by Gasteiger charge is -2.28. The SMILES string of the molecule is O=C(/C=C/c1ccsc1)N[C@@H]1CS(=O)(=O)C[C@@H]1N1CCCC1. The van der Waals surface area contributed by atoms with E-state index in [2.05, 4.69) is 10.2 Å². The Bertz CT molecular complexity index is 646. The first-order valence-corrected chi connectivity index (χ1v) is 10.3. The van der Waals surface area contributed by atoms with Gasteiger partial charge in [0.05, 0.1) is 17.5 Å². The van der Waals surface area contributed by atoms with E-state index in [4.69, 9.17) is 0 Å². The Morgan fingerprint density at radius 3 is 2.77 bits per heavy atom. The molecule has 1 N–H and O–H groups in total. The highest BCUT2D eigenvalue weighted by Crippen LogP contribution is 2.22. The van der Waals surface area contributed by atoms with Gasteiger partial charge >= 0.3 is 0 Å². The van der Waals surface area contributed by atoms with E-state index in [1.54, 1.807) is 17.4 Å². The van der Waals surface area contributed by atoms with Crippen LogP contribution in [0.3, 0.4) is 0 Å². The molecule has 0 spiro atoms. The number of amides is 1. The van der Waals surface area contributed by atoms with Gasteiger partial charge in [-0.1, -0.05) is 0 Å². The van der Waals surface area contributed by atoms with Crippen LogP contribution in [-0.2, 0) is 14.6 Å². The van der Waals surface area contributed by atoms with E-state index >= 15 is 0 Å². The number of thiophene rings is 1. The molecule has 1 aromatic rings. The van der Waals surface area contributed by atoms with Crippen LogP contribution in [0.25, 0.3) is 6.08 Å². The summed E-state index contributed by atoms with van der Waals surface area (Å²) in [6, 6.07) is 1.55. The highest BCUT2D eigenvalue weighted by Gasteiger charge is 2.42. The summed E-state index contributed by atoms with van der Waals surface area (Å²) >= 11 is 1.57. The molecule has 1 aromatic heterocycles. The Balaban J connectivity index is 1.65. The van der Waals surface area contributed by atoms with E-state index in [-0.39, 0.29) is 29.5 Å². The maximum atomic E-state index is 12.1. The third-order valence-electron chi connectivity index (χ3n) is 4.23. The molecule has 22 heavy (non-hydrogen) atoms. The van der Waals surface area contributed by atoms with Crippen LogP contribution in [0.5, 0.6) is 0 Å². The monoisotopic (exact) mass is 340 g/mol. The molecule has 0 unspecified atom stereocenters. The molecule has 2 atom stereocenters. The summed E-state index contributed by atoms with van der Waals surface area (Å²) in [5.41, 5.74) is 0.982. The topological polar surface area (TPSA) is 66.5 Å². The molecule has 2 aliphatic heterocycles. The Labute approximate surface area is 134 Å². The Morgan fingerprint density at radius 1 is 1.32 bits per heavy atom. The van der Waals surface area contributed by atoms with Crippen molar-refractivity contribution < 1.29 is 13.2 Å². The number of hydrogen-bond acceptors (Lipinski definition) is 5. The fourth-order valence-electron chi connectivity index (χ4n) is 3.17. The second-order valence-electron chi connectivity index (χ2n) is 5.89. The van der Waals surface area contributed by atoms with Gasteiger partial charge in [-0.05, 0) is 54.4 Å². The molecule has 0 aliphatic carbocycles. The number of sulfone groups is 1. The van der Waals surface area contributed by atoms with Crippen LogP contribution >= 0.6 is 11.3 Å². The van der Waals surface area contributed by atoms with Crippen molar-refractivity contribution in [2.45, 2.75) is 24.9 Å². The van der Waals surface area contributed by atoms with Crippen LogP contribution in [0, 0.1) is 0 Å². The summed E-state index contributed by atoms with van der Waals surface area (Å²) in [7, 11) is -3.06. The maximum Gasteiger partial charge on any atom is 0.244 e. The summed E-state index contributed by atoms with van der Waals surface area (Å²) in [6.07, 6.45) is 5.44. The predicted molar refractivity (Wildman–Crippen MR) is 88.5 cm³/mol. The summed E-state index contributed by atoms with van der Waals surface area (Å²) in [6.45, 7) is 1.86. The van der Waals surface area contributed by atoms with Crippen LogP contribution in [-0.4, -0.2) is 55.9 Å². The largest absolute Gasteiger partial charge is 0.347 e. The summed E-state index contributed by atoms with van der Waals surface area (Å²) < 4.78 is 23.9. The predicted octanol–water partition coefficient (Wildman–Crippen LogP) is 1.14. The fourth-order valence-corrected chi connectivity index (χ4v) is 5.75. The van der Waals surface area contributed by atoms with Gasteiger partial charge in [-0.3, -0.25) is 9.69 Å². The smallest absolute Gasteiger partial charge is 0.244 e. The molecule has 120 valence electrons. The van der Waals surface area contributed by atoms with Gasteiger partial charge in [-0.25, -0.2) is 8.42 Å². The molecule has 0 aromatic carbocycles. The van der Waals surface area contributed by atoms with Crippen LogP contribution in [0.1, 0.15) is 18.4 Å². The van der Waals surface area contributed by atoms with E-state index in [0.29, 0.717) is 0 Å². The van der Waals surface area contributed by atoms with E-state index in [0.717, 1.165) is 31.5 Å². The van der Waals surface area contributed by atoms with Crippen molar-refractivity contribution in [3.05, 3.63) is 28.5 Å². The van der Waals surface area contributed by atoms with Gasteiger partial charge in [0.15, 0.2) is 9.84 Å². The molecule has 7 heteroatoms. The molecule has 2 saturated heterocycles. The average Bonchev–Trinajstić information content (AvgIpc) is 3.17. The second kappa shape index (κ2) is 6.52. The zero-order valence-electron chi connectivity index (χ0n) is 12.3. The third-order valence-corrected chi connectivity index (χ3v) is 6.65. The fraction of sp³-hybridized carbons (Fsp3) is 0.533. The van der Waals surface area contributed by atoms with Crippen LogP contribution < -0.4 is 5.32 Å². The van der Waals surface area contributed by atoms with E-state index < -0.39 is 9.84 Å². The first-order valence-electron chi connectivity index (χ1n) is 7.49. The van der Waals surface area contributed by atoms with E-state index in [1.807, 2.05) is 16.8 Å². The van der Waals surface area contributed by atoms with Crippen molar-refractivity contribution in [1.29, 1.82) is 0 Å². The number of rotatable bonds is 4. The standard InChI is InChI=1S/C15H20N2O3S2/c18-15(4-3-12-5-8-21-9-12)16-13-10-22(19,20)11-14(13)17-6-1-2-7-17/h3-5,8-9,13-14H,1-2,6-7,10-11H2,(H,16,18)/b4-3+/t13-,14+/m1/s1. The lowest BCUT2D eigenvalue weighted by atomic mass is 10.1. The Morgan fingerprint density at radius 2 is 2.09 bits per heavy atom. The molecule has 0 radical (unpaired) electrons. The zero-order chi connectivity index (χ0) is 15.6. The Hall–Kier alpha value is -1.18. The number of nitrogens with zero attached hydrogens (tertiary/aromatic N) is 1. The first kappa shape index (κ1) is 15.7. The normalized spacial score (nSPS) is 28.4. The van der Waals surface area contributed by atoms with Gasteiger partial charge in [0.1, 0.15) is 0 Å². The number of carbonyl (C=O) groups is 1. The molecule has 3 rings (SSSR count). The Kier molecular flexibility index (Phi) is 4.65. The lowest BCUT2D eigenvalue weighted by Crippen LogP contribution is -2.49. The van der Waals surface area contributed by atoms with Crippen molar-refractivity contribution in [3.8, 4) is 0 Å². The van der Waals surface area contributed by atoms with Crippen molar-refractivity contribution in [3.63, 3.8) is 0 Å².